The van der Waals surface area contributed by atoms with E-state index in [2.05, 4.69) is 39.5 Å². The van der Waals surface area contributed by atoms with Crippen molar-refractivity contribution in [2.24, 2.45) is 5.92 Å². The van der Waals surface area contributed by atoms with Gasteiger partial charge in [0.25, 0.3) is 0 Å². The summed E-state index contributed by atoms with van der Waals surface area (Å²) >= 11 is 0. The molecule has 0 saturated carbocycles. The van der Waals surface area contributed by atoms with Gasteiger partial charge in [0.1, 0.15) is 0 Å². The average Bonchev–Trinajstić information content (AvgIpc) is 2.40. The van der Waals surface area contributed by atoms with Crippen molar-refractivity contribution in [1.29, 1.82) is 0 Å². The Morgan fingerprint density at radius 1 is 1.29 bits per heavy atom. The van der Waals surface area contributed by atoms with Gasteiger partial charge in [-0.15, -0.1) is 5.10 Å². The van der Waals surface area contributed by atoms with Crippen LogP contribution in [0.4, 0.5) is 5.82 Å². The molecule has 2 rings (SSSR count). The summed E-state index contributed by atoms with van der Waals surface area (Å²) in [5, 5.41) is 11.6. The summed E-state index contributed by atoms with van der Waals surface area (Å²) in [5.41, 5.74) is 1.000. The maximum Gasteiger partial charge on any atom is 0.151 e. The first-order valence-corrected chi connectivity index (χ1v) is 6.55. The molecule has 0 amide bonds. The van der Waals surface area contributed by atoms with Crippen LogP contribution in [-0.4, -0.2) is 30.3 Å². The second-order valence-corrected chi connectivity index (χ2v) is 4.75. The number of rotatable bonds is 4. The number of hydrogen-bond donors (Lipinski definition) is 1. The van der Waals surface area contributed by atoms with Gasteiger partial charge in [0.15, 0.2) is 5.82 Å². The van der Waals surface area contributed by atoms with Crippen LogP contribution in [0.15, 0.2) is 12.1 Å². The fraction of sp³-hybridized carbons (Fsp3) is 0.692. The number of hydrogen-bond acceptors (Lipinski definition) is 4. The Hall–Kier alpha value is -1.16. The molecule has 0 spiro atoms. The van der Waals surface area contributed by atoms with Crippen molar-refractivity contribution in [2.45, 2.75) is 32.7 Å². The van der Waals surface area contributed by atoms with Gasteiger partial charge < -0.3 is 10.2 Å². The Bertz CT molecular complexity index is 328. The van der Waals surface area contributed by atoms with E-state index in [0.717, 1.165) is 37.1 Å². The summed E-state index contributed by atoms with van der Waals surface area (Å²) in [6.45, 7) is 5.31. The zero-order valence-corrected chi connectivity index (χ0v) is 10.8. The third-order valence-corrected chi connectivity index (χ3v) is 3.58. The van der Waals surface area contributed by atoms with Gasteiger partial charge >= 0.3 is 0 Å². The fourth-order valence-corrected chi connectivity index (χ4v) is 2.37. The molecule has 1 aromatic rings. The normalized spacial score (nSPS) is 17.4. The minimum absolute atomic E-state index is 0.783. The molecule has 94 valence electrons. The maximum atomic E-state index is 4.31. The first-order chi connectivity index (χ1) is 8.33. The lowest BCUT2D eigenvalue weighted by molar-refractivity contribution is 0.393. The highest BCUT2D eigenvalue weighted by Gasteiger charge is 2.18. The molecule has 4 heteroatoms. The van der Waals surface area contributed by atoms with Crippen LogP contribution < -0.4 is 10.2 Å². The molecule has 2 heterocycles. The van der Waals surface area contributed by atoms with Crippen LogP contribution in [0.1, 0.15) is 31.9 Å². The van der Waals surface area contributed by atoms with Crippen molar-refractivity contribution < 1.29 is 0 Å². The topological polar surface area (TPSA) is 41.0 Å². The SMILES string of the molecule is CCC1CCN(c2ccc(CNC)nn2)CC1. The molecule has 1 aromatic heterocycles. The average molecular weight is 234 g/mol. The molecule has 0 aromatic carbocycles. The zero-order chi connectivity index (χ0) is 12.1. The molecule has 1 fully saturated rings. The molecular weight excluding hydrogens is 212 g/mol. The monoisotopic (exact) mass is 234 g/mol. The van der Waals surface area contributed by atoms with Crippen molar-refractivity contribution in [1.82, 2.24) is 15.5 Å². The van der Waals surface area contributed by atoms with E-state index < -0.39 is 0 Å². The molecular formula is C13H22N4. The molecule has 1 N–H and O–H groups in total. The summed E-state index contributed by atoms with van der Waals surface area (Å²) in [4.78, 5) is 2.35. The number of piperidine rings is 1. The Balaban J connectivity index is 1.94. The summed E-state index contributed by atoms with van der Waals surface area (Å²) < 4.78 is 0. The standard InChI is InChI=1S/C13H22N4/c1-3-11-6-8-17(9-7-11)13-5-4-12(10-14-2)15-16-13/h4-5,11,14H,3,6-10H2,1-2H3. The minimum Gasteiger partial charge on any atom is -0.355 e. The van der Waals surface area contributed by atoms with Crippen molar-refractivity contribution in [3.8, 4) is 0 Å². The molecule has 4 nitrogen and oxygen atoms in total. The van der Waals surface area contributed by atoms with Gasteiger partial charge in [-0.2, -0.15) is 5.10 Å². The van der Waals surface area contributed by atoms with Gasteiger partial charge in [0.2, 0.25) is 0 Å². The van der Waals surface area contributed by atoms with Gasteiger partial charge in [0, 0.05) is 19.6 Å². The van der Waals surface area contributed by atoms with Crippen molar-refractivity contribution in [2.75, 3.05) is 25.0 Å². The predicted molar refractivity (Wildman–Crippen MR) is 70.0 cm³/mol. The van der Waals surface area contributed by atoms with Crippen LogP contribution in [0.25, 0.3) is 0 Å². The molecule has 1 aliphatic rings. The van der Waals surface area contributed by atoms with E-state index >= 15 is 0 Å². The van der Waals surface area contributed by atoms with Gasteiger partial charge in [-0.1, -0.05) is 13.3 Å². The first kappa shape index (κ1) is 12.3. The zero-order valence-electron chi connectivity index (χ0n) is 10.8. The number of nitrogens with zero attached hydrogens (tertiary/aromatic N) is 3. The van der Waals surface area contributed by atoms with Crippen LogP contribution in [-0.2, 0) is 6.54 Å². The summed E-state index contributed by atoms with van der Waals surface area (Å²) in [7, 11) is 1.92. The molecule has 17 heavy (non-hydrogen) atoms. The molecule has 0 unspecified atom stereocenters. The van der Waals surface area contributed by atoms with Gasteiger partial charge in [-0.3, -0.25) is 0 Å². The fourth-order valence-electron chi connectivity index (χ4n) is 2.37. The summed E-state index contributed by atoms with van der Waals surface area (Å²) in [6.07, 6.45) is 3.88. The summed E-state index contributed by atoms with van der Waals surface area (Å²) in [6, 6.07) is 4.15. The van der Waals surface area contributed by atoms with Crippen LogP contribution in [0, 0.1) is 5.92 Å². The second-order valence-electron chi connectivity index (χ2n) is 4.75. The van der Waals surface area contributed by atoms with Crippen molar-refractivity contribution >= 4 is 5.82 Å². The highest BCUT2D eigenvalue weighted by molar-refractivity contribution is 5.37. The van der Waals surface area contributed by atoms with E-state index in [-0.39, 0.29) is 0 Å². The maximum absolute atomic E-state index is 4.31. The number of aromatic nitrogens is 2. The van der Waals surface area contributed by atoms with E-state index in [4.69, 9.17) is 0 Å². The van der Waals surface area contributed by atoms with E-state index in [1.54, 1.807) is 0 Å². The van der Waals surface area contributed by atoms with E-state index in [1.807, 2.05) is 7.05 Å². The van der Waals surface area contributed by atoms with Gasteiger partial charge in [-0.05, 0) is 37.9 Å². The lowest BCUT2D eigenvalue weighted by atomic mass is 9.94. The molecule has 1 saturated heterocycles. The van der Waals surface area contributed by atoms with E-state index in [1.165, 1.54) is 19.3 Å². The molecule has 0 aliphatic carbocycles. The van der Waals surface area contributed by atoms with Gasteiger partial charge in [0.05, 0.1) is 5.69 Å². The highest BCUT2D eigenvalue weighted by atomic mass is 15.3. The lowest BCUT2D eigenvalue weighted by Crippen LogP contribution is -2.34. The quantitative estimate of drug-likeness (QED) is 0.863. The van der Waals surface area contributed by atoms with E-state index in [0.29, 0.717) is 0 Å². The van der Waals surface area contributed by atoms with Crippen LogP contribution >= 0.6 is 0 Å². The molecule has 0 radical (unpaired) electrons. The lowest BCUT2D eigenvalue weighted by Gasteiger charge is -2.32. The Morgan fingerprint density at radius 2 is 2.06 bits per heavy atom. The largest absolute Gasteiger partial charge is 0.355 e. The predicted octanol–water partition coefficient (Wildman–Crippen LogP) is 1.82. The smallest absolute Gasteiger partial charge is 0.151 e. The van der Waals surface area contributed by atoms with Crippen molar-refractivity contribution in [3.63, 3.8) is 0 Å². The molecule has 1 aliphatic heterocycles. The number of anilines is 1. The van der Waals surface area contributed by atoms with Crippen LogP contribution in [0.5, 0.6) is 0 Å². The van der Waals surface area contributed by atoms with Gasteiger partial charge in [-0.25, -0.2) is 0 Å². The van der Waals surface area contributed by atoms with Crippen LogP contribution in [0.3, 0.4) is 0 Å². The van der Waals surface area contributed by atoms with Crippen LogP contribution in [0.2, 0.25) is 0 Å². The Labute approximate surface area is 103 Å². The minimum atomic E-state index is 0.783. The molecule has 0 atom stereocenters. The second kappa shape index (κ2) is 5.96. The molecule has 0 bridgehead atoms. The Morgan fingerprint density at radius 3 is 2.59 bits per heavy atom. The van der Waals surface area contributed by atoms with Crippen molar-refractivity contribution in [3.05, 3.63) is 17.8 Å². The third-order valence-electron chi connectivity index (χ3n) is 3.58. The third kappa shape index (κ3) is 3.16. The first-order valence-electron chi connectivity index (χ1n) is 6.55. The van der Waals surface area contributed by atoms with E-state index in [9.17, 15) is 0 Å². The highest BCUT2D eigenvalue weighted by Crippen LogP contribution is 2.23. The Kier molecular flexibility index (Phi) is 4.31. The number of nitrogens with one attached hydrogen (secondary N) is 1. The summed E-state index contributed by atoms with van der Waals surface area (Å²) in [5.74, 6) is 1.93.